The van der Waals surface area contributed by atoms with Crippen LogP contribution in [-0.4, -0.2) is 18.0 Å². The first kappa shape index (κ1) is 12.5. The van der Waals surface area contributed by atoms with E-state index in [0.29, 0.717) is 10.9 Å². The summed E-state index contributed by atoms with van der Waals surface area (Å²) in [5, 5.41) is 4.90. The number of carbonyl (C=O) groups is 1. The molecule has 0 aliphatic heterocycles. The van der Waals surface area contributed by atoms with E-state index in [-0.39, 0.29) is 5.56 Å². The number of nitrogens with zero attached hydrogens (tertiary/aromatic N) is 1. The number of anilines is 1. The molecule has 94 valence electrons. The van der Waals surface area contributed by atoms with Crippen LogP contribution in [0.25, 0.3) is 0 Å². The minimum Gasteiger partial charge on any atom is -0.496 e. The highest BCUT2D eigenvalue weighted by Gasteiger charge is 2.14. The fourth-order valence-electron chi connectivity index (χ4n) is 1.43. The van der Waals surface area contributed by atoms with E-state index in [4.69, 9.17) is 4.74 Å². The number of nitrogens with one attached hydrogen (secondary N) is 1. The molecule has 6 heteroatoms. The van der Waals surface area contributed by atoms with Gasteiger partial charge in [0, 0.05) is 5.38 Å². The van der Waals surface area contributed by atoms with Gasteiger partial charge in [0.2, 0.25) is 0 Å². The second-order valence-corrected chi connectivity index (χ2v) is 4.45. The van der Waals surface area contributed by atoms with E-state index in [9.17, 15) is 9.18 Å². The third-order valence-electron chi connectivity index (χ3n) is 2.25. The van der Waals surface area contributed by atoms with Crippen LogP contribution in [0.1, 0.15) is 16.1 Å². The molecule has 0 bridgehead atoms. The van der Waals surface area contributed by atoms with Gasteiger partial charge in [-0.1, -0.05) is 0 Å². The first-order chi connectivity index (χ1) is 8.60. The van der Waals surface area contributed by atoms with Crippen molar-refractivity contribution in [3.63, 3.8) is 0 Å². The summed E-state index contributed by atoms with van der Waals surface area (Å²) in [5.74, 6) is -0.612. The molecule has 0 fully saturated rings. The Morgan fingerprint density at radius 2 is 2.28 bits per heavy atom. The third kappa shape index (κ3) is 2.65. The van der Waals surface area contributed by atoms with E-state index in [1.165, 1.54) is 30.6 Å². The predicted octanol–water partition coefficient (Wildman–Crippen LogP) is 2.85. The number of ether oxygens (including phenoxy) is 1. The van der Waals surface area contributed by atoms with E-state index < -0.39 is 11.7 Å². The quantitative estimate of drug-likeness (QED) is 0.929. The Hall–Kier alpha value is -1.95. The molecule has 0 aliphatic rings. The van der Waals surface area contributed by atoms with Crippen molar-refractivity contribution in [2.75, 3.05) is 12.4 Å². The Labute approximate surface area is 107 Å². The summed E-state index contributed by atoms with van der Waals surface area (Å²) >= 11 is 1.31. The number of carbonyl (C=O) groups excluding carboxylic acids is 1. The number of amides is 1. The number of aromatic nitrogens is 1. The van der Waals surface area contributed by atoms with Crippen LogP contribution in [0.2, 0.25) is 0 Å². The fraction of sp³-hybridized carbons (Fsp3) is 0.167. The lowest BCUT2D eigenvalue weighted by Crippen LogP contribution is -2.13. The number of hydrogen-bond acceptors (Lipinski definition) is 4. The fourth-order valence-corrected chi connectivity index (χ4v) is 2.12. The molecule has 0 spiro atoms. The molecule has 1 heterocycles. The SMILES string of the molecule is COc1ccc(F)cc1C(=O)Nc1nc(C)cs1. The number of aryl methyl sites for hydroxylation is 1. The van der Waals surface area contributed by atoms with Gasteiger partial charge in [-0.05, 0) is 25.1 Å². The zero-order valence-corrected chi connectivity index (χ0v) is 10.7. The zero-order valence-electron chi connectivity index (χ0n) is 9.86. The molecule has 1 aromatic heterocycles. The molecule has 0 saturated carbocycles. The maximum absolute atomic E-state index is 13.1. The van der Waals surface area contributed by atoms with E-state index >= 15 is 0 Å². The molecular weight excluding hydrogens is 255 g/mol. The summed E-state index contributed by atoms with van der Waals surface area (Å²) in [6.45, 7) is 1.83. The number of benzene rings is 1. The van der Waals surface area contributed by atoms with Crippen molar-refractivity contribution in [1.29, 1.82) is 0 Å². The average molecular weight is 266 g/mol. The summed E-state index contributed by atoms with van der Waals surface area (Å²) in [6, 6.07) is 3.79. The second-order valence-electron chi connectivity index (χ2n) is 3.59. The Morgan fingerprint density at radius 1 is 1.50 bits per heavy atom. The van der Waals surface area contributed by atoms with Crippen LogP contribution >= 0.6 is 11.3 Å². The smallest absolute Gasteiger partial charge is 0.261 e. The molecule has 2 aromatic rings. The summed E-state index contributed by atoms with van der Waals surface area (Å²) in [6.07, 6.45) is 0. The minimum absolute atomic E-state index is 0.144. The standard InChI is InChI=1S/C12H11FN2O2S/c1-7-6-18-12(14-7)15-11(16)9-5-8(13)3-4-10(9)17-2/h3-6H,1-2H3,(H,14,15,16). The zero-order chi connectivity index (χ0) is 13.1. The van der Waals surface area contributed by atoms with Crippen molar-refractivity contribution in [2.45, 2.75) is 6.92 Å². The molecule has 2 rings (SSSR count). The van der Waals surface area contributed by atoms with Crippen LogP contribution in [0.3, 0.4) is 0 Å². The van der Waals surface area contributed by atoms with E-state index in [0.717, 1.165) is 11.8 Å². The predicted molar refractivity (Wildman–Crippen MR) is 67.8 cm³/mol. The van der Waals surface area contributed by atoms with Crippen molar-refractivity contribution < 1.29 is 13.9 Å². The van der Waals surface area contributed by atoms with Gasteiger partial charge in [-0.3, -0.25) is 10.1 Å². The van der Waals surface area contributed by atoms with Crippen molar-refractivity contribution >= 4 is 22.4 Å². The van der Waals surface area contributed by atoms with Gasteiger partial charge in [-0.15, -0.1) is 11.3 Å². The van der Waals surface area contributed by atoms with Crippen LogP contribution in [0.15, 0.2) is 23.6 Å². The van der Waals surface area contributed by atoms with E-state index in [2.05, 4.69) is 10.3 Å². The molecule has 1 aromatic carbocycles. The summed E-state index contributed by atoms with van der Waals surface area (Å²) in [5.41, 5.74) is 0.965. The molecular formula is C12H11FN2O2S. The molecule has 0 saturated heterocycles. The third-order valence-corrected chi connectivity index (χ3v) is 3.12. The molecule has 1 N–H and O–H groups in total. The van der Waals surface area contributed by atoms with E-state index in [1.807, 2.05) is 12.3 Å². The van der Waals surface area contributed by atoms with Crippen molar-refractivity contribution in [2.24, 2.45) is 0 Å². The number of halogens is 1. The summed E-state index contributed by atoms with van der Waals surface area (Å²) in [7, 11) is 1.43. The topological polar surface area (TPSA) is 51.2 Å². The Kier molecular flexibility index (Phi) is 3.57. The van der Waals surface area contributed by atoms with Gasteiger partial charge in [0.1, 0.15) is 11.6 Å². The van der Waals surface area contributed by atoms with Crippen molar-refractivity contribution in [3.8, 4) is 5.75 Å². The summed E-state index contributed by atoms with van der Waals surface area (Å²) < 4.78 is 18.2. The van der Waals surface area contributed by atoms with Crippen LogP contribution < -0.4 is 10.1 Å². The Bertz CT molecular complexity index is 583. The Morgan fingerprint density at radius 3 is 2.89 bits per heavy atom. The first-order valence-corrected chi connectivity index (χ1v) is 6.05. The first-order valence-electron chi connectivity index (χ1n) is 5.17. The van der Waals surface area contributed by atoms with Gasteiger partial charge < -0.3 is 4.74 Å². The highest BCUT2D eigenvalue weighted by atomic mass is 32.1. The molecule has 0 atom stereocenters. The molecule has 0 aliphatic carbocycles. The molecule has 0 radical (unpaired) electrons. The van der Waals surface area contributed by atoms with Gasteiger partial charge >= 0.3 is 0 Å². The summed E-state index contributed by atoms with van der Waals surface area (Å²) in [4.78, 5) is 16.1. The van der Waals surface area contributed by atoms with Crippen molar-refractivity contribution in [1.82, 2.24) is 4.98 Å². The average Bonchev–Trinajstić information content (AvgIpc) is 2.74. The van der Waals surface area contributed by atoms with Crippen LogP contribution in [0, 0.1) is 12.7 Å². The monoisotopic (exact) mass is 266 g/mol. The molecule has 4 nitrogen and oxygen atoms in total. The normalized spacial score (nSPS) is 10.2. The molecule has 18 heavy (non-hydrogen) atoms. The van der Waals surface area contributed by atoms with Gasteiger partial charge in [-0.2, -0.15) is 0 Å². The maximum atomic E-state index is 13.1. The number of methoxy groups -OCH3 is 1. The highest BCUT2D eigenvalue weighted by molar-refractivity contribution is 7.13. The lowest BCUT2D eigenvalue weighted by Gasteiger charge is -2.07. The van der Waals surface area contributed by atoms with Crippen molar-refractivity contribution in [3.05, 3.63) is 40.7 Å². The minimum atomic E-state index is -0.490. The van der Waals surface area contributed by atoms with Gasteiger partial charge in [0.05, 0.1) is 18.4 Å². The number of hydrogen-bond donors (Lipinski definition) is 1. The molecule has 1 amide bonds. The maximum Gasteiger partial charge on any atom is 0.261 e. The number of rotatable bonds is 3. The van der Waals surface area contributed by atoms with Gasteiger partial charge in [0.15, 0.2) is 5.13 Å². The van der Waals surface area contributed by atoms with Crippen LogP contribution in [0.5, 0.6) is 5.75 Å². The Balaban J connectivity index is 2.25. The van der Waals surface area contributed by atoms with Gasteiger partial charge in [0.25, 0.3) is 5.91 Å². The second kappa shape index (κ2) is 5.14. The lowest BCUT2D eigenvalue weighted by molar-refractivity contribution is 0.102. The van der Waals surface area contributed by atoms with Crippen LogP contribution in [-0.2, 0) is 0 Å². The van der Waals surface area contributed by atoms with Crippen LogP contribution in [0.4, 0.5) is 9.52 Å². The van der Waals surface area contributed by atoms with Gasteiger partial charge in [-0.25, -0.2) is 9.37 Å². The number of thiazole rings is 1. The van der Waals surface area contributed by atoms with E-state index in [1.54, 1.807) is 0 Å². The largest absolute Gasteiger partial charge is 0.496 e. The lowest BCUT2D eigenvalue weighted by atomic mass is 10.2. The molecule has 0 unspecified atom stereocenters. The highest BCUT2D eigenvalue weighted by Crippen LogP contribution is 2.22.